The Kier molecular flexibility index (Phi) is 3.76. The van der Waals surface area contributed by atoms with Gasteiger partial charge in [0.25, 0.3) is 0 Å². The van der Waals surface area contributed by atoms with Crippen LogP contribution in [0, 0.1) is 10.6 Å². The minimum Gasteiger partial charge on any atom is -0.494 e. The van der Waals surface area contributed by atoms with Crippen LogP contribution in [-0.4, -0.2) is 21.9 Å². The highest BCUT2D eigenvalue weighted by Crippen LogP contribution is 2.24. The Labute approximate surface area is 109 Å². The molecule has 0 aliphatic heterocycles. The van der Waals surface area contributed by atoms with Gasteiger partial charge >= 0.3 is 0 Å². The molecular formula is C12H14FN3OS. The molecule has 18 heavy (non-hydrogen) atoms. The summed E-state index contributed by atoms with van der Waals surface area (Å²) in [6.45, 7) is 2.80. The van der Waals surface area contributed by atoms with E-state index >= 15 is 0 Å². The van der Waals surface area contributed by atoms with E-state index in [4.69, 9.17) is 17.0 Å². The average Bonchev–Trinajstić information content (AvgIpc) is 2.72. The van der Waals surface area contributed by atoms with Crippen LogP contribution < -0.4 is 4.74 Å². The summed E-state index contributed by atoms with van der Waals surface area (Å²) in [6, 6.07) is 4.74. The number of aromatic nitrogens is 3. The van der Waals surface area contributed by atoms with E-state index in [1.165, 1.54) is 13.2 Å². The van der Waals surface area contributed by atoms with Crippen molar-refractivity contribution in [1.29, 1.82) is 0 Å². The second-order valence-electron chi connectivity index (χ2n) is 3.85. The smallest absolute Gasteiger partial charge is 0.195 e. The van der Waals surface area contributed by atoms with Crippen molar-refractivity contribution in [3.05, 3.63) is 28.8 Å². The number of ether oxygens (including phenoxy) is 1. The molecule has 0 amide bonds. The lowest BCUT2D eigenvalue weighted by Crippen LogP contribution is -2.00. The molecule has 6 heteroatoms. The third-order valence-electron chi connectivity index (χ3n) is 2.62. The Morgan fingerprint density at radius 2 is 2.28 bits per heavy atom. The number of nitrogens with zero attached hydrogens (tertiary/aromatic N) is 2. The van der Waals surface area contributed by atoms with Gasteiger partial charge in [0.05, 0.1) is 7.11 Å². The van der Waals surface area contributed by atoms with Gasteiger partial charge in [-0.15, -0.1) is 0 Å². The maximum absolute atomic E-state index is 13.7. The fourth-order valence-corrected chi connectivity index (χ4v) is 2.00. The number of methoxy groups -OCH3 is 1. The minimum atomic E-state index is -0.410. The van der Waals surface area contributed by atoms with E-state index in [9.17, 15) is 4.39 Å². The number of nitrogens with one attached hydrogen (secondary N) is 1. The zero-order valence-corrected chi connectivity index (χ0v) is 11.1. The van der Waals surface area contributed by atoms with Crippen LogP contribution in [0.15, 0.2) is 18.2 Å². The molecule has 0 unspecified atom stereocenters. The van der Waals surface area contributed by atoms with Gasteiger partial charge in [0.1, 0.15) is 0 Å². The molecule has 0 atom stereocenters. The van der Waals surface area contributed by atoms with Gasteiger partial charge < -0.3 is 9.30 Å². The molecule has 0 saturated heterocycles. The molecule has 1 heterocycles. The van der Waals surface area contributed by atoms with Gasteiger partial charge in [-0.05, 0) is 36.8 Å². The Balaban J connectivity index is 2.49. The van der Waals surface area contributed by atoms with Gasteiger partial charge in [-0.1, -0.05) is 6.92 Å². The predicted octanol–water partition coefficient (Wildman–Crippen LogP) is 3.17. The van der Waals surface area contributed by atoms with Crippen LogP contribution in [-0.2, 0) is 6.54 Å². The fraction of sp³-hybridized carbons (Fsp3) is 0.333. The molecular weight excluding hydrogens is 253 g/mol. The van der Waals surface area contributed by atoms with Gasteiger partial charge in [0.15, 0.2) is 22.2 Å². The van der Waals surface area contributed by atoms with Crippen molar-refractivity contribution in [3.63, 3.8) is 0 Å². The molecule has 1 aromatic heterocycles. The quantitative estimate of drug-likeness (QED) is 0.865. The molecule has 96 valence electrons. The second kappa shape index (κ2) is 5.30. The van der Waals surface area contributed by atoms with Crippen molar-refractivity contribution in [2.24, 2.45) is 0 Å². The molecule has 0 fully saturated rings. The van der Waals surface area contributed by atoms with Gasteiger partial charge in [0.2, 0.25) is 0 Å². The summed E-state index contributed by atoms with van der Waals surface area (Å²) in [5.41, 5.74) is 0.675. The average molecular weight is 267 g/mol. The Bertz CT molecular complexity index is 606. The molecule has 1 aromatic carbocycles. The SMILES string of the molecule is CCCn1c(-c2ccc(OC)c(F)c2)n[nH]c1=S. The van der Waals surface area contributed by atoms with Gasteiger partial charge in [-0.25, -0.2) is 4.39 Å². The first-order chi connectivity index (χ1) is 8.67. The van der Waals surface area contributed by atoms with Crippen LogP contribution >= 0.6 is 12.2 Å². The van der Waals surface area contributed by atoms with E-state index in [1.54, 1.807) is 12.1 Å². The summed E-state index contributed by atoms with van der Waals surface area (Å²) in [5, 5.41) is 6.87. The van der Waals surface area contributed by atoms with Crippen LogP contribution in [0.5, 0.6) is 5.75 Å². The van der Waals surface area contributed by atoms with Crippen molar-refractivity contribution in [2.45, 2.75) is 19.9 Å². The van der Waals surface area contributed by atoms with E-state index in [2.05, 4.69) is 10.2 Å². The maximum atomic E-state index is 13.7. The molecule has 0 spiro atoms. The van der Waals surface area contributed by atoms with Crippen molar-refractivity contribution in [2.75, 3.05) is 7.11 Å². The zero-order valence-electron chi connectivity index (χ0n) is 10.2. The van der Waals surface area contributed by atoms with Gasteiger partial charge in [-0.2, -0.15) is 5.10 Å². The van der Waals surface area contributed by atoms with Crippen LogP contribution in [0.2, 0.25) is 0 Å². The lowest BCUT2D eigenvalue weighted by Gasteiger charge is -2.07. The molecule has 2 rings (SSSR count). The first-order valence-corrected chi connectivity index (χ1v) is 6.07. The van der Waals surface area contributed by atoms with Crippen LogP contribution in [0.3, 0.4) is 0 Å². The maximum Gasteiger partial charge on any atom is 0.195 e. The summed E-state index contributed by atoms with van der Waals surface area (Å²) < 4.78 is 21.0. The summed E-state index contributed by atoms with van der Waals surface area (Å²) in [7, 11) is 1.44. The predicted molar refractivity (Wildman–Crippen MR) is 69.6 cm³/mol. The number of aromatic amines is 1. The first kappa shape index (κ1) is 12.8. The highest BCUT2D eigenvalue weighted by atomic mass is 32.1. The van der Waals surface area contributed by atoms with Crippen LogP contribution in [0.1, 0.15) is 13.3 Å². The van der Waals surface area contributed by atoms with E-state index < -0.39 is 5.82 Å². The summed E-state index contributed by atoms with van der Waals surface area (Å²) in [6.07, 6.45) is 0.930. The number of rotatable bonds is 4. The van der Waals surface area contributed by atoms with Crippen molar-refractivity contribution in [3.8, 4) is 17.1 Å². The molecule has 0 bridgehead atoms. The number of halogens is 1. The van der Waals surface area contributed by atoms with E-state index in [0.29, 0.717) is 16.2 Å². The third kappa shape index (κ3) is 2.28. The molecule has 1 N–H and O–H groups in total. The van der Waals surface area contributed by atoms with Crippen LogP contribution in [0.4, 0.5) is 4.39 Å². The number of H-pyrrole nitrogens is 1. The summed E-state index contributed by atoms with van der Waals surface area (Å²) in [5.74, 6) is 0.449. The molecule has 0 saturated carbocycles. The van der Waals surface area contributed by atoms with Crippen molar-refractivity contribution >= 4 is 12.2 Å². The molecule has 4 nitrogen and oxygen atoms in total. The van der Waals surface area contributed by atoms with Gasteiger partial charge in [-0.3, -0.25) is 5.10 Å². The Morgan fingerprint density at radius 3 is 2.89 bits per heavy atom. The van der Waals surface area contributed by atoms with E-state index in [1.807, 2.05) is 11.5 Å². The topological polar surface area (TPSA) is 42.8 Å². The lowest BCUT2D eigenvalue weighted by atomic mass is 10.2. The highest BCUT2D eigenvalue weighted by Gasteiger charge is 2.11. The van der Waals surface area contributed by atoms with E-state index in [-0.39, 0.29) is 5.75 Å². The summed E-state index contributed by atoms with van der Waals surface area (Å²) >= 11 is 5.15. The second-order valence-corrected chi connectivity index (χ2v) is 4.24. The first-order valence-electron chi connectivity index (χ1n) is 5.66. The minimum absolute atomic E-state index is 0.218. The third-order valence-corrected chi connectivity index (χ3v) is 2.93. The number of benzene rings is 1. The molecule has 2 aromatic rings. The lowest BCUT2D eigenvalue weighted by molar-refractivity contribution is 0.386. The fourth-order valence-electron chi connectivity index (χ4n) is 1.77. The van der Waals surface area contributed by atoms with Crippen molar-refractivity contribution < 1.29 is 9.13 Å². The standard InChI is InChI=1S/C12H14FN3OS/c1-3-6-16-11(14-15-12(16)18)8-4-5-10(17-2)9(13)7-8/h4-5,7H,3,6H2,1-2H3,(H,15,18). The van der Waals surface area contributed by atoms with Crippen LogP contribution in [0.25, 0.3) is 11.4 Å². The normalized spacial score (nSPS) is 10.6. The number of hydrogen-bond donors (Lipinski definition) is 1. The molecule has 0 aliphatic rings. The Morgan fingerprint density at radius 1 is 1.50 bits per heavy atom. The number of hydrogen-bond acceptors (Lipinski definition) is 3. The molecule has 0 aliphatic carbocycles. The van der Waals surface area contributed by atoms with E-state index in [0.717, 1.165) is 13.0 Å². The van der Waals surface area contributed by atoms with Gasteiger partial charge in [0, 0.05) is 12.1 Å². The van der Waals surface area contributed by atoms with Crippen molar-refractivity contribution in [1.82, 2.24) is 14.8 Å². The molecule has 0 radical (unpaired) electrons. The monoisotopic (exact) mass is 267 g/mol. The zero-order chi connectivity index (χ0) is 13.1. The highest BCUT2D eigenvalue weighted by molar-refractivity contribution is 7.71. The largest absolute Gasteiger partial charge is 0.494 e. The summed E-state index contributed by atoms with van der Waals surface area (Å²) in [4.78, 5) is 0. The Hall–Kier alpha value is -1.69.